The van der Waals surface area contributed by atoms with Crippen LogP contribution in [0.5, 0.6) is 0 Å². The maximum absolute atomic E-state index is 13.3. The van der Waals surface area contributed by atoms with Crippen molar-refractivity contribution in [3.63, 3.8) is 0 Å². The number of hydrogen-bond donors (Lipinski definition) is 0. The van der Waals surface area contributed by atoms with E-state index < -0.39 is 15.7 Å². The monoisotopic (exact) mass is 272 g/mol. The molecule has 0 aliphatic heterocycles. The smallest absolute Gasteiger partial charge is 0.150 e. The van der Waals surface area contributed by atoms with Crippen LogP contribution in [-0.4, -0.2) is 25.7 Å². The summed E-state index contributed by atoms with van der Waals surface area (Å²) in [4.78, 5) is 11.6. The summed E-state index contributed by atoms with van der Waals surface area (Å²) in [6, 6.07) is 6.12. The highest BCUT2D eigenvalue weighted by atomic mass is 32.2. The van der Waals surface area contributed by atoms with E-state index in [0.29, 0.717) is 12.0 Å². The second kappa shape index (κ2) is 6.64. The topological polar surface area (TPSA) is 51.2 Å². The third-order valence-electron chi connectivity index (χ3n) is 2.70. The maximum Gasteiger partial charge on any atom is 0.150 e. The van der Waals surface area contributed by atoms with Crippen molar-refractivity contribution in [2.24, 2.45) is 0 Å². The van der Waals surface area contributed by atoms with E-state index in [0.717, 1.165) is 0 Å². The Bertz CT molecular complexity index is 509. The van der Waals surface area contributed by atoms with E-state index in [1.54, 1.807) is 25.1 Å². The SMILES string of the molecule is CCS(=O)(=O)CCCC(=O)Cc1ccccc1F. The lowest BCUT2D eigenvalue weighted by molar-refractivity contribution is -0.118. The number of benzene rings is 1. The lowest BCUT2D eigenvalue weighted by Crippen LogP contribution is -2.11. The predicted octanol–water partition coefficient (Wildman–Crippen LogP) is 2.15. The number of sulfone groups is 1. The molecule has 0 bridgehead atoms. The van der Waals surface area contributed by atoms with E-state index in [4.69, 9.17) is 0 Å². The normalized spacial score (nSPS) is 11.4. The first-order valence-corrected chi connectivity index (χ1v) is 7.72. The molecule has 1 rings (SSSR count). The zero-order chi connectivity index (χ0) is 13.6. The molecule has 0 amide bonds. The van der Waals surface area contributed by atoms with Gasteiger partial charge in [0.15, 0.2) is 0 Å². The Balaban J connectivity index is 2.42. The van der Waals surface area contributed by atoms with Crippen LogP contribution >= 0.6 is 0 Å². The lowest BCUT2D eigenvalue weighted by Gasteiger charge is -2.03. The van der Waals surface area contributed by atoms with Gasteiger partial charge in [0.1, 0.15) is 21.4 Å². The highest BCUT2D eigenvalue weighted by molar-refractivity contribution is 7.91. The number of halogens is 1. The predicted molar refractivity (Wildman–Crippen MR) is 68.7 cm³/mol. The summed E-state index contributed by atoms with van der Waals surface area (Å²) in [5, 5.41) is 0. The Kier molecular flexibility index (Phi) is 5.47. The highest BCUT2D eigenvalue weighted by Crippen LogP contribution is 2.09. The molecular weight excluding hydrogens is 255 g/mol. The largest absolute Gasteiger partial charge is 0.299 e. The second-order valence-corrected chi connectivity index (χ2v) is 6.62. The van der Waals surface area contributed by atoms with Crippen LogP contribution in [0.2, 0.25) is 0 Å². The number of Topliss-reactive ketones (excluding diaryl/α,β-unsaturated/α-hetero) is 1. The molecule has 0 aliphatic rings. The molecule has 0 saturated carbocycles. The van der Waals surface area contributed by atoms with Crippen molar-refractivity contribution >= 4 is 15.6 Å². The van der Waals surface area contributed by atoms with Crippen LogP contribution < -0.4 is 0 Å². The van der Waals surface area contributed by atoms with Gasteiger partial charge in [-0.3, -0.25) is 4.79 Å². The molecule has 1 aromatic carbocycles. The standard InChI is InChI=1S/C13H17FO3S/c1-2-18(16,17)9-5-7-12(15)10-11-6-3-4-8-13(11)14/h3-4,6,8H,2,5,7,9-10H2,1H3. The van der Waals surface area contributed by atoms with Crippen LogP contribution in [0.15, 0.2) is 24.3 Å². The maximum atomic E-state index is 13.3. The van der Waals surface area contributed by atoms with E-state index in [-0.39, 0.29) is 30.1 Å². The van der Waals surface area contributed by atoms with Gasteiger partial charge in [-0.05, 0) is 18.1 Å². The van der Waals surface area contributed by atoms with Crippen LogP contribution in [0.1, 0.15) is 25.3 Å². The first-order valence-electron chi connectivity index (χ1n) is 5.90. The average Bonchev–Trinajstić information content (AvgIpc) is 2.32. The van der Waals surface area contributed by atoms with Gasteiger partial charge in [-0.25, -0.2) is 12.8 Å². The van der Waals surface area contributed by atoms with Gasteiger partial charge in [0, 0.05) is 18.6 Å². The van der Waals surface area contributed by atoms with E-state index >= 15 is 0 Å². The fourth-order valence-corrected chi connectivity index (χ4v) is 2.45. The van der Waals surface area contributed by atoms with Crippen molar-refractivity contribution in [2.45, 2.75) is 26.2 Å². The molecule has 0 atom stereocenters. The van der Waals surface area contributed by atoms with Crippen LogP contribution in [0, 0.1) is 5.82 Å². The van der Waals surface area contributed by atoms with Crippen LogP contribution in [0.3, 0.4) is 0 Å². The van der Waals surface area contributed by atoms with Gasteiger partial charge in [0.2, 0.25) is 0 Å². The van der Waals surface area contributed by atoms with Gasteiger partial charge in [-0.15, -0.1) is 0 Å². The molecule has 0 fully saturated rings. The lowest BCUT2D eigenvalue weighted by atomic mass is 10.1. The van der Waals surface area contributed by atoms with Gasteiger partial charge >= 0.3 is 0 Å². The van der Waals surface area contributed by atoms with Crippen molar-refractivity contribution in [1.82, 2.24) is 0 Å². The third-order valence-corrected chi connectivity index (χ3v) is 4.49. The zero-order valence-corrected chi connectivity index (χ0v) is 11.2. The zero-order valence-electron chi connectivity index (χ0n) is 10.4. The number of ketones is 1. The van der Waals surface area contributed by atoms with Crippen molar-refractivity contribution < 1.29 is 17.6 Å². The molecule has 0 spiro atoms. The molecule has 1 aromatic rings. The van der Waals surface area contributed by atoms with Gasteiger partial charge in [-0.2, -0.15) is 0 Å². The molecule has 0 N–H and O–H groups in total. The Morgan fingerprint density at radius 3 is 2.56 bits per heavy atom. The van der Waals surface area contributed by atoms with Crippen molar-refractivity contribution in [3.8, 4) is 0 Å². The van der Waals surface area contributed by atoms with Crippen molar-refractivity contribution in [1.29, 1.82) is 0 Å². The second-order valence-electron chi connectivity index (χ2n) is 4.15. The number of hydrogen-bond acceptors (Lipinski definition) is 3. The van der Waals surface area contributed by atoms with Gasteiger partial charge in [0.25, 0.3) is 0 Å². The molecule has 0 radical (unpaired) electrons. The minimum Gasteiger partial charge on any atom is -0.299 e. The molecule has 0 heterocycles. The minimum atomic E-state index is -3.02. The summed E-state index contributed by atoms with van der Waals surface area (Å²) in [7, 11) is -3.02. The summed E-state index contributed by atoms with van der Waals surface area (Å²) in [6.45, 7) is 1.58. The molecule has 0 unspecified atom stereocenters. The van der Waals surface area contributed by atoms with E-state index in [9.17, 15) is 17.6 Å². The Labute approximate surface area is 107 Å². The van der Waals surface area contributed by atoms with Crippen molar-refractivity contribution in [2.75, 3.05) is 11.5 Å². The molecule has 100 valence electrons. The van der Waals surface area contributed by atoms with E-state index in [1.807, 2.05) is 0 Å². The molecule has 0 aromatic heterocycles. The fraction of sp³-hybridized carbons (Fsp3) is 0.462. The first-order chi connectivity index (χ1) is 8.44. The van der Waals surface area contributed by atoms with Gasteiger partial charge < -0.3 is 0 Å². The van der Waals surface area contributed by atoms with Crippen LogP contribution in [0.25, 0.3) is 0 Å². The summed E-state index contributed by atoms with van der Waals surface area (Å²) >= 11 is 0. The molecule has 0 saturated heterocycles. The number of carbonyl (C=O) groups is 1. The van der Waals surface area contributed by atoms with E-state index in [2.05, 4.69) is 0 Å². The Morgan fingerprint density at radius 1 is 1.28 bits per heavy atom. The van der Waals surface area contributed by atoms with Gasteiger partial charge in [0.05, 0.1) is 5.75 Å². The van der Waals surface area contributed by atoms with Gasteiger partial charge in [-0.1, -0.05) is 25.1 Å². The quantitative estimate of drug-likeness (QED) is 0.764. The number of carbonyl (C=O) groups excluding carboxylic acids is 1. The Hall–Kier alpha value is -1.23. The molecule has 5 heteroatoms. The average molecular weight is 272 g/mol. The van der Waals surface area contributed by atoms with Crippen molar-refractivity contribution in [3.05, 3.63) is 35.6 Å². The minimum absolute atomic E-state index is 0.0203. The molecular formula is C13H17FO3S. The first kappa shape index (κ1) is 14.8. The summed E-state index contributed by atoms with van der Waals surface area (Å²) in [5.74, 6) is -0.417. The summed E-state index contributed by atoms with van der Waals surface area (Å²) < 4.78 is 35.7. The fourth-order valence-electron chi connectivity index (χ4n) is 1.58. The molecule has 18 heavy (non-hydrogen) atoms. The van der Waals surface area contributed by atoms with E-state index in [1.165, 1.54) is 6.07 Å². The number of rotatable bonds is 7. The third kappa shape index (κ3) is 4.96. The van der Waals surface area contributed by atoms with Crippen LogP contribution in [0.4, 0.5) is 4.39 Å². The molecule has 3 nitrogen and oxygen atoms in total. The Morgan fingerprint density at radius 2 is 1.94 bits per heavy atom. The summed E-state index contributed by atoms with van der Waals surface area (Å²) in [6.07, 6.45) is 0.510. The summed E-state index contributed by atoms with van der Waals surface area (Å²) in [5.41, 5.74) is 0.362. The molecule has 0 aliphatic carbocycles. The van der Waals surface area contributed by atoms with Crippen LogP contribution in [-0.2, 0) is 21.1 Å². The highest BCUT2D eigenvalue weighted by Gasteiger charge is 2.11.